The molecule has 1 saturated heterocycles. The van der Waals surface area contributed by atoms with Gasteiger partial charge in [-0.1, -0.05) is 25.1 Å². The maximum absolute atomic E-state index is 13.3. The molecule has 0 aliphatic carbocycles. The minimum absolute atomic E-state index is 0. The molecular weight excluding hydrogens is 346 g/mol. The van der Waals surface area contributed by atoms with Crippen LogP contribution in [0.1, 0.15) is 26.2 Å². The van der Waals surface area contributed by atoms with E-state index in [0.29, 0.717) is 17.0 Å². The van der Waals surface area contributed by atoms with Crippen molar-refractivity contribution in [1.82, 2.24) is 14.6 Å². The first-order valence-electron chi connectivity index (χ1n) is 8.21. The van der Waals surface area contributed by atoms with Crippen molar-refractivity contribution < 1.29 is 8.42 Å². The molecule has 0 radical (unpaired) electrons. The minimum Gasteiger partial charge on any atom is -0.317 e. The van der Waals surface area contributed by atoms with Gasteiger partial charge in [-0.05, 0) is 44.5 Å². The third-order valence-corrected chi connectivity index (χ3v) is 6.33. The zero-order valence-corrected chi connectivity index (χ0v) is 15.4. The number of fused-ring (bicyclic) bond motifs is 1. The molecule has 1 aromatic heterocycles. The Kier molecular flexibility index (Phi) is 6.57. The van der Waals surface area contributed by atoms with Crippen LogP contribution in [0.15, 0.2) is 41.4 Å². The van der Waals surface area contributed by atoms with Gasteiger partial charge >= 0.3 is 0 Å². The molecule has 0 atom stereocenters. The molecule has 3 rings (SSSR count). The maximum Gasteiger partial charge on any atom is 0.245 e. The van der Waals surface area contributed by atoms with Gasteiger partial charge in [0.25, 0.3) is 0 Å². The van der Waals surface area contributed by atoms with Crippen LogP contribution < -0.4 is 5.32 Å². The lowest BCUT2D eigenvalue weighted by Crippen LogP contribution is -2.46. The van der Waals surface area contributed by atoms with E-state index in [1.165, 1.54) is 0 Å². The van der Waals surface area contributed by atoms with Crippen molar-refractivity contribution in [2.75, 3.05) is 19.6 Å². The van der Waals surface area contributed by atoms with Gasteiger partial charge in [0.2, 0.25) is 10.0 Å². The third-order valence-electron chi connectivity index (χ3n) is 4.34. The van der Waals surface area contributed by atoms with Crippen LogP contribution in [0.3, 0.4) is 0 Å². The molecule has 1 fully saturated rings. The van der Waals surface area contributed by atoms with E-state index in [0.717, 1.165) is 37.7 Å². The van der Waals surface area contributed by atoms with Crippen LogP contribution in [0.5, 0.6) is 0 Å². The number of halogens is 1. The number of pyridine rings is 1. The monoisotopic (exact) mass is 369 g/mol. The number of piperidine rings is 1. The Labute approximate surface area is 149 Å². The number of rotatable bonds is 5. The van der Waals surface area contributed by atoms with Crippen LogP contribution in [0.4, 0.5) is 0 Å². The lowest BCUT2D eigenvalue weighted by atomic mass is 10.1. The van der Waals surface area contributed by atoms with Crippen molar-refractivity contribution in [1.29, 1.82) is 0 Å². The number of para-hydroxylation sites is 1. The highest BCUT2D eigenvalue weighted by Gasteiger charge is 2.32. The van der Waals surface area contributed by atoms with E-state index in [1.54, 1.807) is 22.6 Å². The van der Waals surface area contributed by atoms with Gasteiger partial charge in [-0.15, -0.1) is 12.4 Å². The van der Waals surface area contributed by atoms with E-state index >= 15 is 0 Å². The lowest BCUT2D eigenvalue weighted by molar-refractivity contribution is 0.262. The first-order chi connectivity index (χ1) is 11.1. The van der Waals surface area contributed by atoms with Crippen LogP contribution in [0.25, 0.3) is 10.9 Å². The number of benzene rings is 1. The van der Waals surface area contributed by atoms with Gasteiger partial charge in [-0.3, -0.25) is 4.98 Å². The molecular formula is C17H24ClN3O2S. The predicted molar refractivity (Wildman–Crippen MR) is 99.1 cm³/mol. The SMILES string of the molecule is CCCN(C1CCNCC1)S(=O)(=O)c1cccc2cccnc12.Cl. The smallest absolute Gasteiger partial charge is 0.245 e. The zero-order chi connectivity index (χ0) is 16.3. The summed E-state index contributed by atoms with van der Waals surface area (Å²) in [5, 5.41) is 4.16. The number of sulfonamides is 1. The topological polar surface area (TPSA) is 62.3 Å². The molecule has 0 amide bonds. The molecule has 1 N–H and O–H groups in total. The van der Waals surface area contributed by atoms with Gasteiger partial charge in [-0.25, -0.2) is 8.42 Å². The summed E-state index contributed by atoms with van der Waals surface area (Å²) >= 11 is 0. The first-order valence-corrected chi connectivity index (χ1v) is 9.65. The van der Waals surface area contributed by atoms with Gasteiger partial charge in [0.1, 0.15) is 4.90 Å². The quantitative estimate of drug-likeness (QED) is 0.880. The van der Waals surface area contributed by atoms with E-state index in [1.807, 2.05) is 25.1 Å². The fourth-order valence-corrected chi connectivity index (χ4v) is 5.17. The number of nitrogens with one attached hydrogen (secondary N) is 1. The van der Waals surface area contributed by atoms with Crippen molar-refractivity contribution in [3.8, 4) is 0 Å². The summed E-state index contributed by atoms with van der Waals surface area (Å²) in [6, 6.07) is 9.17. The third kappa shape index (κ3) is 3.72. The highest BCUT2D eigenvalue weighted by Crippen LogP contribution is 2.27. The van der Waals surface area contributed by atoms with Gasteiger partial charge in [-0.2, -0.15) is 4.31 Å². The molecule has 0 unspecified atom stereocenters. The molecule has 1 aliphatic heterocycles. The Morgan fingerprint density at radius 3 is 2.62 bits per heavy atom. The van der Waals surface area contributed by atoms with Crippen molar-refractivity contribution >= 4 is 33.3 Å². The average Bonchev–Trinajstić information content (AvgIpc) is 2.59. The second-order valence-corrected chi connectivity index (χ2v) is 7.79. The second kappa shape index (κ2) is 8.25. The van der Waals surface area contributed by atoms with Crippen LogP contribution in [-0.2, 0) is 10.0 Å². The Bertz CT molecular complexity index is 771. The molecule has 2 heterocycles. The van der Waals surface area contributed by atoms with Gasteiger partial charge in [0.15, 0.2) is 0 Å². The molecule has 5 nitrogen and oxygen atoms in total. The molecule has 1 aliphatic rings. The minimum atomic E-state index is -3.55. The average molecular weight is 370 g/mol. The summed E-state index contributed by atoms with van der Waals surface area (Å²) in [4.78, 5) is 4.64. The summed E-state index contributed by atoms with van der Waals surface area (Å²) in [6.07, 6.45) is 4.17. The largest absolute Gasteiger partial charge is 0.317 e. The van der Waals surface area contributed by atoms with Crippen LogP contribution in [0, 0.1) is 0 Å². The standard InChI is InChI=1S/C17H23N3O2S.ClH/c1-2-13-20(15-8-11-18-12-9-15)23(21,22)16-7-3-5-14-6-4-10-19-17(14)16;/h3-7,10,15,18H,2,8-9,11-13H2,1H3;1H. The maximum atomic E-state index is 13.3. The number of hydrogen-bond donors (Lipinski definition) is 1. The van der Waals surface area contributed by atoms with E-state index in [4.69, 9.17) is 0 Å². The Morgan fingerprint density at radius 1 is 1.21 bits per heavy atom. The number of hydrogen-bond acceptors (Lipinski definition) is 4. The molecule has 24 heavy (non-hydrogen) atoms. The van der Waals surface area contributed by atoms with Gasteiger partial charge in [0, 0.05) is 24.2 Å². The molecule has 2 aromatic rings. The molecule has 0 spiro atoms. The lowest BCUT2D eigenvalue weighted by Gasteiger charge is -2.33. The fourth-order valence-electron chi connectivity index (χ4n) is 3.22. The van der Waals surface area contributed by atoms with Crippen molar-refractivity contribution in [2.45, 2.75) is 37.1 Å². The van der Waals surface area contributed by atoms with Gasteiger partial charge in [0.05, 0.1) is 5.52 Å². The zero-order valence-electron chi connectivity index (χ0n) is 13.8. The molecule has 0 saturated carbocycles. The van der Waals surface area contributed by atoms with E-state index in [2.05, 4.69) is 10.3 Å². The highest BCUT2D eigenvalue weighted by molar-refractivity contribution is 7.89. The van der Waals surface area contributed by atoms with Gasteiger partial charge < -0.3 is 5.32 Å². The van der Waals surface area contributed by atoms with Crippen LogP contribution in [0.2, 0.25) is 0 Å². The van der Waals surface area contributed by atoms with Crippen LogP contribution >= 0.6 is 12.4 Å². The summed E-state index contributed by atoms with van der Waals surface area (Å²) in [5.74, 6) is 0. The second-order valence-electron chi connectivity index (χ2n) is 5.93. The summed E-state index contributed by atoms with van der Waals surface area (Å²) in [5.41, 5.74) is 0.560. The van der Waals surface area contributed by atoms with E-state index in [-0.39, 0.29) is 18.4 Å². The Balaban J connectivity index is 0.00000208. The van der Waals surface area contributed by atoms with Crippen LogP contribution in [-0.4, -0.2) is 43.4 Å². The van der Waals surface area contributed by atoms with Crippen molar-refractivity contribution in [3.63, 3.8) is 0 Å². The normalized spacial score (nSPS) is 16.2. The van der Waals surface area contributed by atoms with Crippen molar-refractivity contribution in [2.24, 2.45) is 0 Å². The predicted octanol–water partition coefficient (Wildman–Crippen LogP) is 2.81. The highest BCUT2D eigenvalue weighted by atomic mass is 35.5. The first kappa shape index (κ1) is 19.1. The number of nitrogens with zero attached hydrogens (tertiary/aromatic N) is 2. The summed E-state index contributed by atoms with van der Waals surface area (Å²) in [7, 11) is -3.55. The molecule has 1 aromatic carbocycles. The molecule has 7 heteroatoms. The van der Waals surface area contributed by atoms with E-state index in [9.17, 15) is 8.42 Å². The fraction of sp³-hybridized carbons (Fsp3) is 0.471. The van der Waals surface area contributed by atoms with Crippen molar-refractivity contribution in [3.05, 3.63) is 36.5 Å². The Morgan fingerprint density at radius 2 is 1.92 bits per heavy atom. The molecule has 132 valence electrons. The van der Waals surface area contributed by atoms with E-state index < -0.39 is 10.0 Å². The Hall–Kier alpha value is -1.21. The summed E-state index contributed by atoms with van der Waals surface area (Å²) < 4.78 is 28.3. The molecule has 0 bridgehead atoms. The summed E-state index contributed by atoms with van der Waals surface area (Å²) in [6.45, 7) is 4.31. The number of aromatic nitrogens is 1.